The predicted octanol–water partition coefficient (Wildman–Crippen LogP) is 2.94. The van der Waals surface area contributed by atoms with Crippen molar-refractivity contribution in [3.05, 3.63) is 38.9 Å². The van der Waals surface area contributed by atoms with Crippen LogP contribution in [0.25, 0.3) is 0 Å². The molecule has 0 bridgehead atoms. The first kappa shape index (κ1) is 13.3. The molecule has 2 rings (SSSR count). The Bertz CT molecular complexity index is 432. The van der Waals surface area contributed by atoms with Crippen LogP contribution in [0.2, 0.25) is 5.02 Å². The Morgan fingerprint density at radius 1 is 1.44 bits per heavy atom. The molecule has 0 aromatic heterocycles. The number of nitrogens with zero attached hydrogens (tertiary/aromatic N) is 1. The summed E-state index contributed by atoms with van der Waals surface area (Å²) in [6, 6.07) is 4.73. The van der Waals surface area contributed by atoms with Gasteiger partial charge in [0.15, 0.2) is 0 Å². The van der Waals surface area contributed by atoms with Gasteiger partial charge >= 0.3 is 0 Å². The van der Waals surface area contributed by atoms with Gasteiger partial charge in [-0.1, -0.05) is 17.7 Å². The lowest BCUT2D eigenvalue weighted by atomic mass is 10.1. The summed E-state index contributed by atoms with van der Waals surface area (Å²) in [4.78, 5) is 10.3. The SMILES string of the molecule is O=[N+]([O-])c1cc(COC2CCOCC2)ccc1Cl. The fourth-order valence-corrected chi connectivity index (χ4v) is 2.03. The first-order valence-corrected chi connectivity index (χ1v) is 6.17. The van der Waals surface area contributed by atoms with Crippen molar-refractivity contribution in [3.63, 3.8) is 0 Å². The lowest BCUT2D eigenvalue weighted by Gasteiger charge is -2.22. The molecule has 1 saturated heterocycles. The zero-order valence-electron chi connectivity index (χ0n) is 9.80. The molecule has 0 aliphatic carbocycles. The average Bonchev–Trinajstić information content (AvgIpc) is 2.38. The zero-order chi connectivity index (χ0) is 13.0. The van der Waals surface area contributed by atoms with E-state index in [9.17, 15) is 10.1 Å². The van der Waals surface area contributed by atoms with E-state index >= 15 is 0 Å². The summed E-state index contributed by atoms with van der Waals surface area (Å²) in [5, 5.41) is 10.9. The summed E-state index contributed by atoms with van der Waals surface area (Å²) in [5.74, 6) is 0. The Morgan fingerprint density at radius 2 is 2.17 bits per heavy atom. The molecule has 1 aromatic rings. The van der Waals surface area contributed by atoms with Gasteiger partial charge in [-0.2, -0.15) is 0 Å². The van der Waals surface area contributed by atoms with Crippen LogP contribution in [0.15, 0.2) is 18.2 Å². The monoisotopic (exact) mass is 271 g/mol. The summed E-state index contributed by atoms with van der Waals surface area (Å²) < 4.78 is 10.9. The number of hydrogen-bond acceptors (Lipinski definition) is 4. The number of nitro benzene ring substituents is 1. The van der Waals surface area contributed by atoms with E-state index in [2.05, 4.69) is 0 Å². The first-order valence-electron chi connectivity index (χ1n) is 5.79. The van der Waals surface area contributed by atoms with E-state index in [0.29, 0.717) is 19.8 Å². The Labute approximate surface area is 110 Å². The van der Waals surface area contributed by atoms with Crippen LogP contribution in [0.5, 0.6) is 0 Å². The Balaban J connectivity index is 1.96. The molecule has 1 fully saturated rings. The highest BCUT2D eigenvalue weighted by atomic mass is 35.5. The van der Waals surface area contributed by atoms with Crippen LogP contribution in [0, 0.1) is 10.1 Å². The van der Waals surface area contributed by atoms with Crippen molar-refractivity contribution in [3.8, 4) is 0 Å². The lowest BCUT2D eigenvalue weighted by Crippen LogP contribution is -2.23. The third-order valence-electron chi connectivity index (χ3n) is 2.86. The molecule has 0 amide bonds. The maximum Gasteiger partial charge on any atom is 0.288 e. The van der Waals surface area contributed by atoms with Crippen LogP contribution in [-0.2, 0) is 16.1 Å². The van der Waals surface area contributed by atoms with Crippen molar-refractivity contribution in [1.82, 2.24) is 0 Å². The van der Waals surface area contributed by atoms with Gasteiger partial charge in [-0.15, -0.1) is 0 Å². The van der Waals surface area contributed by atoms with Crippen molar-refractivity contribution in [2.75, 3.05) is 13.2 Å². The van der Waals surface area contributed by atoms with E-state index in [1.807, 2.05) is 0 Å². The van der Waals surface area contributed by atoms with Crippen molar-refractivity contribution < 1.29 is 14.4 Å². The second-order valence-corrected chi connectivity index (χ2v) is 4.57. The number of hydrogen-bond donors (Lipinski definition) is 0. The second-order valence-electron chi connectivity index (χ2n) is 4.17. The third kappa shape index (κ3) is 3.41. The molecule has 0 spiro atoms. The largest absolute Gasteiger partial charge is 0.381 e. The quantitative estimate of drug-likeness (QED) is 0.624. The number of ether oxygens (including phenoxy) is 2. The Kier molecular flexibility index (Phi) is 4.52. The fraction of sp³-hybridized carbons (Fsp3) is 0.500. The lowest BCUT2D eigenvalue weighted by molar-refractivity contribution is -0.384. The summed E-state index contributed by atoms with van der Waals surface area (Å²) in [6.07, 6.45) is 1.92. The van der Waals surface area contributed by atoms with Crippen molar-refractivity contribution in [2.45, 2.75) is 25.6 Å². The molecule has 1 heterocycles. The highest BCUT2D eigenvalue weighted by Crippen LogP contribution is 2.25. The summed E-state index contributed by atoms with van der Waals surface area (Å²) in [7, 11) is 0. The maximum absolute atomic E-state index is 10.7. The maximum atomic E-state index is 10.7. The van der Waals surface area contributed by atoms with E-state index < -0.39 is 4.92 Å². The number of rotatable bonds is 4. The first-order chi connectivity index (χ1) is 8.66. The zero-order valence-corrected chi connectivity index (χ0v) is 10.6. The van der Waals surface area contributed by atoms with Crippen molar-refractivity contribution >= 4 is 17.3 Å². The molecule has 98 valence electrons. The van der Waals surface area contributed by atoms with Gasteiger partial charge in [0, 0.05) is 19.3 Å². The summed E-state index contributed by atoms with van der Waals surface area (Å²) in [5.41, 5.74) is 0.683. The highest BCUT2D eigenvalue weighted by Gasteiger charge is 2.16. The van der Waals surface area contributed by atoms with Crippen LogP contribution in [0.3, 0.4) is 0 Å². The molecule has 6 heteroatoms. The molecule has 1 aromatic carbocycles. The molecule has 0 unspecified atom stereocenters. The standard InChI is InChI=1S/C12H14ClNO4/c13-11-2-1-9(7-12(11)14(15)16)8-18-10-3-5-17-6-4-10/h1-2,7,10H,3-6,8H2. The molecule has 1 aliphatic rings. The van der Waals surface area contributed by atoms with Crippen LogP contribution < -0.4 is 0 Å². The van der Waals surface area contributed by atoms with Crippen LogP contribution in [-0.4, -0.2) is 24.2 Å². The smallest absolute Gasteiger partial charge is 0.288 e. The molecule has 0 radical (unpaired) electrons. The van der Waals surface area contributed by atoms with Crippen LogP contribution in [0.4, 0.5) is 5.69 Å². The molecule has 5 nitrogen and oxygen atoms in total. The van der Waals surface area contributed by atoms with Crippen LogP contribution in [0.1, 0.15) is 18.4 Å². The molecule has 1 aliphatic heterocycles. The summed E-state index contributed by atoms with van der Waals surface area (Å²) in [6.45, 7) is 1.79. The number of benzene rings is 1. The molecule has 0 atom stereocenters. The topological polar surface area (TPSA) is 61.6 Å². The van der Waals surface area contributed by atoms with Crippen molar-refractivity contribution in [1.29, 1.82) is 0 Å². The fourth-order valence-electron chi connectivity index (χ4n) is 1.84. The molecular weight excluding hydrogens is 258 g/mol. The van der Waals surface area contributed by atoms with Gasteiger partial charge in [-0.25, -0.2) is 0 Å². The van der Waals surface area contributed by atoms with Gasteiger partial charge in [0.2, 0.25) is 0 Å². The molecule has 0 saturated carbocycles. The second kappa shape index (κ2) is 6.13. The highest BCUT2D eigenvalue weighted by molar-refractivity contribution is 6.32. The van der Waals surface area contributed by atoms with E-state index in [-0.39, 0.29) is 16.8 Å². The Hall–Kier alpha value is -1.17. The molecule has 18 heavy (non-hydrogen) atoms. The Morgan fingerprint density at radius 3 is 2.83 bits per heavy atom. The normalized spacial score (nSPS) is 16.7. The van der Waals surface area contributed by atoms with Gasteiger partial charge in [-0.05, 0) is 24.5 Å². The van der Waals surface area contributed by atoms with E-state index in [1.165, 1.54) is 12.1 Å². The van der Waals surface area contributed by atoms with E-state index in [4.69, 9.17) is 21.1 Å². The van der Waals surface area contributed by atoms with E-state index in [0.717, 1.165) is 18.4 Å². The molecular formula is C12H14ClNO4. The van der Waals surface area contributed by atoms with E-state index in [1.54, 1.807) is 6.07 Å². The van der Waals surface area contributed by atoms with Crippen molar-refractivity contribution in [2.24, 2.45) is 0 Å². The number of halogens is 1. The molecule has 0 N–H and O–H groups in total. The minimum atomic E-state index is -0.486. The number of nitro groups is 1. The minimum absolute atomic E-state index is 0.0789. The summed E-state index contributed by atoms with van der Waals surface area (Å²) >= 11 is 5.74. The van der Waals surface area contributed by atoms with Gasteiger partial charge in [0.25, 0.3) is 5.69 Å². The minimum Gasteiger partial charge on any atom is -0.381 e. The van der Waals surface area contributed by atoms with Gasteiger partial charge in [-0.3, -0.25) is 10.1 Å². The van der Waals surface area contributed by atoms with Crippen LogP contribution >= 0.6 is 11.6 Å². The third-order valence-corrected chi connectivity index (χ3v) is 3.18. The average molecular weight is 272 g/mol. The van der Waals surface area contributed by atoms with Gasteiger partial charge < -0.3 is 9.47 Å². The predicted molar refractivity (Wildman–Crippen MR) is 66.7 cm³/mol. The van der Waals surface area contributed by atoms with Gasteiger partial charge in [0.05, 0.1) is 17.6 Å². The van der Waals surface area contributed by atoms with Gasteiger partial charge in [0.1, 0.15) is 5.02 Å².